The van der Waals surface area contributed by atoms with Crippen LogP contribution in [-0.4, -0.2) is 54.3 Å². The van der Waals surface area contributed by atoms with Gasteiger partial charge in [-0.05, 0) is 31.9 Å². The molecular weight excluding hydrogens is 264 g/mol. The van der Waals surface area contributed by atoms with Crippen molar-refractivity contribution in [3.05, 3.63) is 17.8 Å². The first kappa shape index (κ1) is 12.8. The molecule has 2 aliphatic rings. The maximum Gasteiger partial charge on any atom is 0.217 e. The van der Waals surface area contributed by atoms with E-state index in [0.717, 1.165) is 24.4 Å². The van der Waals surface area contributed by atoms with Crippen molar-refractivity contribution >= 4 is 15.8 Å². The Morgan fingerprint density at radius 2 is 1.79 bits per heavy atom. The van der Waals surface area contributed by atoms with Crippen LogP contribution in [0.3, 0.4) is 0 Å². The molecule has 1 saturated heterocycles. The van der Waals surface area contributed by atoms with Crippen LogP contribution in [0.5, 0.6) is 0 Å². The highest BCUT2D eigenvalue weighted by atomic mass is 32.2. The van der Waals surface area contributed by atoms with Crippen molar-refractivity contribution < 1.29 is 8.42 Å². The molecule has 1 aliphatic heterocycles. The smallest absolute Gasteiger partial charge is 0.217 e. The maximum absolute atomic E-state index is 12.1. The van der Waals surface area contributed by atoms with E-state index >= 15 is 0 Å². The van der Waals surface area contributed by atoms with Crippen LogP contribution >= 0.6 is 0 Å². The summed E-state index contributed by atoms with van der Waals surface area (Å²) >= 11 is 0. The van der Waals surface area contributed by atoms with Gasteiger partial charge in [0, 0.05) is 26.2 Å². The third-order valence-electron chi connectivity index (χ3n) is 3.65. The van der Waals surface area contributed by atoms with Gasteiger partial charge in [0.05, 0.1) is 10.9 Å². The summed E-state index contributed by atoms with van der Waals surface area (Å²) < 4.78 is 25.9. The van der Waals surface area contributed by atoms with E-state index in [2.05, 4.69) is 15.1 Å². The second kappa shape index (κ2) is 4.72. The number of sulfonamides is 1. The number of aryl methyl sites for hydroxylation is 1. The van der Waals surface area contributed by atoms with Gasteiger partial charge in [-0.2, -0.15) is 9.40 Å². The highest BCUT2D eigenvalue weighted by Crippen LogP contribution is 2.31. The van der Waals surface area contributed by atoms with E-state index in [-0.39, 0.29) is 5.25 Å². The van der Waals surface area contributed by atoms with Crippen LogP contribution in [0.1, 0.15) is 18.5 Å². The fourth-order valence-electron chi connectivity index (χ4n) is 2.31. The molecule has 1 aromatic heterocycles. The molecule has 6 nitrogen and oxygen atoms in total. The quantitative estimate of drug-likeness (QED) is 0.803. The highest BCUT2D eigenvalue weighted by molar-refractivity contribution is 7.90. The maximum atomic E-state index is 12.1. The Kier molecular flexibility index (Phi) is 3.18. The van der Waals surface area contributed by atoms with Crippen LogP contribution < -0.4 is 4.90 Å². The van der Waals surface area contributed by atoms with E-state index < -0.39 is 10.0 Å². The zero-order valence-electron chi connectivity index (χ0n) is 11.0. The first-order chi connectivity index (χ1) is 9.07. The zero-order valence-corrected chi connectivity index (χ0v) is 11.8. The number of nitrogens with zero attached hydrogens (tertiary/aromatic N) is 4. The number of rotatable bonds is 3. The van der Waals surface area contributed by atoms with Crippen molar-refractivity contribution in [2.75, 3.05) is 31.1 Å². The van der Waals surface area contributed by atoms with Gasteiger partial charge in [0.1, 0.15) is 0 Å². The summed E-state index contributed by atoms with van der Waals surface area (Å²) in [7, 11) is -3.03. The molecule has 0 bridgehead atoms. The number of hydrogen-bond acceptors (Lipinski definition) is 5. The molecule has 0 atom stereocenters. The summed E-state index contributed by atoms with van der Waals surface area (Å²) in [5.41, 5.74) is 0.888. The molecule has 2 fully saturated rings. The predicted octanol–water partition coefficient (Wildman–Crippen LogP) is 0.399. The monoisotopic (exact) mass is 282 g/mol. The summed E-state index contributed by atoms with van der Waals surface area (Å²) in [6, 6.07) is 3.86. The minimum atomic E-state index is -3.03. The molecule has 19 heavy (non-hydrogen) atoms. The summed E-state index contributed by atoms with van der Waals surface area (Å²) in [6.07, 6.45) is 1.65. The standard InChI is InChI=1S/C12H18N4O2S/c1-10-2-5-12(14-13-10)15-6-8-16(9-7-15)19(17,18)11-3-4-11/h2,5,11H,3-4,6-9H2,1H3. The molecule has 1 aromatic rings. The SMILES string of the molecule is Cc1ccc(N2CCN(S(=O)(=O)C3CC3)CC2)nn1. The van der Waals surface area contributed by atoms with E-state index in [1.165, 1.54) is 0 Å². The van der Waals surface area contributed by atoms with Crippen molar-refractivity contribution in [2.24, 2.45) is 0 Å². The summed E-state index contributed by atoms with van der Waals surface area (Å²) in [4.78, 5) is 2.09. The Bertz CT molecular complexity index is 546. The molecule has 0 N–H and O–H groups in total. The Hall–Kier alpha value is -1.21. The molecule has 1 aliphatic carbocycles. The molecule has 0 aromatic carbocycles. The molecular formula is C12H18N4O2S. The van der Waals surface area contributed by atoms with Gasteiger partial charge in [-0.1, -0.05) is 0 Å². The zero-order chi connectivity index (χ0) is 13.5. The van der Waals surface area contributed by atoms with Gasteiger partial charge in [-0.15, -0.1) is 5.10 Å². The Labute approximate surface area is 113 Å². The summed E-state index contributed by atoms with van der Waals surface area (Å²) in [5, 5.41) is 8.07. The van der Waals surface area contributed by atoms with Crippen molar-refractivity contribution in [2.45, 2.75) is 25.0 Å². The number of hydrogen-bond donors (Lipinski definition) is 0. The van der Waals surface area contributed by atoms with Crippen LogP contribution in [0.4, 0.5) is 5.82 Å². The number of aromatic nitrogens is 2. The van der Waals surface area contributed by atoms with E-state index in [1.807, 2.05) is 19.1 Å². The fourth-order valence-corrected chi connectivity index (χ4v) is 4.13. The second-order valence-corrected chi connectivity index (χ2v) is 7.38. The lowest BCUT2D eigenvalue weighted by Gasteiger charge is -2.34. The third kappa shape index (κ3) is 2.57. The lowest BCUT2D eigenvalue weighted by atomic mass is 10.3. The normalized spacial score (nSPS) is 21.6. The molecule has 0 spiro atoms. The van der Waals surface area contributed by atoms with E-state index in [9.17, 15) is 8.42 Å². The minimum absolute atomic E-state index is 0.113. The van der Waals surface area contributed by atoms with Crippen LogP contribution in [-0.2, 0) is 10.0 Å². The highest BCUT2D eigenvalue weighted by Gasteiger charge is 2.41. The Morgan fingerprint density at radius 1 is 1.11 bits per heavy atom. The lowest BCUT2D eigenvalue weighted by Crippen LogP contribution is -2.49. The molecule has 0 unspecified atom stereocenters. The molecule has 2 heterocycles. The average Bonchev–Trinajstić information content (AvgIpc) is 3.24. The molecule has 1 saturated carbocycles. The first-order valence-electron chi connectivity index (χ1n) is 6.61. The lowest BCUT2D eigenvalue weighted by molar-refractivity contribution is 0.382. The van der Waals surface area contributed by atoms with Crippen molar-refractivity contribution in [1.82, 2.24) is 14.5 Å². The molecule has 0 radical (unpaired) electrons. The second-order valence-electron chi connectivity index (χ2n) is 5.16. The van der Waals surface area contributed by atoms with Gasteiger partial charge in [-0.3, -0.25) is 0 Å². The van der Waals surface area contributed by atoms with Gasteiger partial charge in [0.15, 0.2) is 5.82 Å². The van der Waals surface area contributed by atoms with Crippen molar-refractivity contribution in [3.63, 3.8) is 0 Å². The fraction of sp³-hybridized carbons (Fsp3) is 0.667. The largest absolute Gasteiger partial charge is 0.352 e. The van der Waals surface area contributed by atoms with Crippen LogP contribution in [0.25, 0.3) is 0 Å². The number of piperazine rings is 1. The number of anilines is 1. The van der Waals surface area contributed by atoms with Gasteiger partial charge in [0.2, 0.25) is 10.0 Å². The predicted molar refractivity (Wildman–Crippen MR) is 72.5 cm³/mol. The molecule has 104 valence electrons. The van der Waals surface area contributed by atoms with Gasteiger partial charge in [-0.25, -0.2) is 8.42 Å². The molecule has 7 heteroatoms. The van der Waals surface area contributed by atoms with Crippen molar-refractivity contribution in [3.8, 4) is 0 Å². The summed E-state index contributed by atoms with van der Waals surface area (Å²) in [6.45, 7) is 4.37. The Balaban J connectivity index is 1.64. The summed E-state index contributed by atoms with van der Waals surface area (Å²) in [5.74, 6) is 0.828. The topological polar surface area (TPSA) is 66.4 Å². The van der Waals surface area contributed by atoms with Gasteiger partial charge < -0.3 is 4.90 Å². The Morgan fingerprint density at radius 3 is 2.32 bits per heavy atom. The van der Waals surface area contributed by atoms with Crippen molar-refractivity contribution in [1.29, 1.82) is 0 Å². The van der Waals surface area contributed by atoms with Gasteiger partial charge in [0.25, 0.3) is 0 Å². The van der Waals surface area contributed by atoms with Crippen LogP contribution in [0.15, 0.2) is 12.1 Å². The van der Waals surface area contributed by atoms with Crippen LogP contribution in [0.2, 0.25) is 0 Å². The van der Waals surface area contributed by atoms with Gasteiger partial charge >= 0.3 is 0 Å². The minimum Gasteiger partial charge on any atom is -0.352 e. The molecule has 0 amide bonds. The first-order valence-corrected chi connectivity index (χ1v) is 8.12. The van der Waals surface area contributed by atoms with E-state index in [4.69, 9.17) is 0 Å². The van der Waals surface area contributed by atoms with Crippen LogP contribution in [0, 0.1) is 6.92 Å². The van der Waals surface area contributed by atoms with E-state index in [0.29, 0.717) is 26.2 Å². The third-order valence-corrected chi connectivity index (χ3v) is 6.05. The average molecular weight is 282 g/mol. The molecule has 3 rings (SSSR count). The van der Waals surface area contributed by atoms with E-state index in [1.54, 1.807) is 4.31 Å².